The minimum Gasteiger partial charge on any atom is -0.228 e. The fraction of sp³-hybridized carbons (Fsp3) is 0. The van der Waals surface area contributed by atoms with Gasteiger partial charge in [-0.25, -0.2) is 9.97 Å². The van der Waals surface area contributed by atoms with Crippen LogP contribution < -0.4 is 0 Å². The third-order valence-electron chi connectivity index (χ3n) is 9.15. The maximum atomic E-state index is 5.13. The zero-order chi connectivity index (χ0) is 32.6. The van der Waals surface area contributed by atoms with E-state index in [4.69, 9.17) is 9.97 Å². The number of aromatic nitrogens is 2. The summed E-state index contributed by atoms with van der Waals surface area (Å²) in [5.41, 5.74) is 12.0. The molecule has 3 heteroatoms. The monoisotopic (exact) mass is 642 g/mol. The second-order valence-corrected chi connectivity index (χ2v) is 13.3. The molecular weight excluding hydrogens is 613 g/mol. The topological polar surface area (TPSA) is 25.8 Å². The average Bonchev–Trinajstić information content (AvgIpc) is 3.57. The van der Waals surface area contributed by atoms with Crippen molar-refractivity contribution in [3.8, 4) is 67.3 Å². The van der Waals surface area contributed by atoms with E-state index in [1.54, 1.807) is 0 Å². The number of nitrogens with zero attached hydrogens (tertiary/aromatic N) is 2. The lowest BCUT2D eigenvalue weighted by molar-refractivity contribution is 1.18. The van der Waals surface area contributed by atoms with Gasteiger partial charge in [0.25, 0.3) is 0 Å². The second-order valence-electron chi connectivity index (χ2n) is 12.2. The molecule has 0 atom stereocenters. The first-order chi connectivity index (χ1) is 24.2. The molecule has 0 spiro atoms. The molecule has 2 heterocycles. The Morgan fingerprint density at radius 2 is 0.694 bits per heavy atom. The van der Waals surface area contributed by atoms with Gasteiger partial charge in [0.1, 0.15) is 0 Å². The maximum absolute atomic E-state index is 5.13. The molecule has 0 saturated carbocycles. The Hall–Kier alpha value is -6.16. The molecule has 0 fully saturated rings. The van der Waals surface area contributed by atoms with Crippen molar-refractivity contribution >= 4 is 31.5 Å². The van der Waals surface area contributed by atoms with Crippen LogP contribution in [-0.4, -0.2) is 9.97 Å². The molecule has 2 nitrogen and oxygen atoms in total. The molecule has 0 saturated heterocycles. The van der Waals surface area contributed by atoms with E-state index in [9.17, 15) is 0 Å². The van der Waals surface area contributed by atoms with Crippen LogP contribution in [0.15, 0.2) is 182 Å². The summed E-state index contributed by atoms with van der Waals surface area (Å²) in [7, 11) is 0. The number of rotatable bonds is 6. The van der Waals surface area contributed by atoms with Crippen molar-refractivity contribution in [2.24, 2.45) is 0 Å². The minimum absolute atomic E-state index is 0.707. The fourth-order valence-corrected chi connectivity index (χ4v) is 7.60. The normalized spacial score (nSPS) is 11.3. The maximum Gasteiger partial charge on any atom is 0.160 e. The van der Waals surface area contributed by atoms with E-state index in [2.05, 4.69) is 170 Å². The number of hydrogen-bond donors (Lipinski definition) is 0. The molecule has 0 radical (unpaired) electrons. The van der Waals surface area contributed by atoms with E-state index in [1.165, 1.54) is 53.6 Å². The van der Waals surface area contributed by atoms with Crippen molar-refractivity contribution < 1.29 is 0 Å². The van der Waals surface area contributed by atoms with Crippen LogP contribution >= 0.6 is 11.3 Å². The van der Waals surface area contributed by atoms with Crippen LogP contribution in [0.2, 0.25) is 0 Å². The summed E-state index contributed by atoms with van der Waals surface area (Å²) in [5.74, 6) is 0.707. The molecule has 7 aromatic carbocycles. The molecule has 0 aliphatic heterocycles. The predicted molar refractivity (Wildman–Crippen MR) is 208 cm³/mol. The van der Waals surface area contributed by atoms with Crippen molar-refractivity contribution in [2.45, 2.75) is 0 Å². The first-order valence-corrected chi connectivity index (χ1v) is 17.3. The lowest BCUT2D eigenvalue weighted by Gasteiger charge is -2.11. The Morgan fingerprint density at radius 1 is 0.286 bits per heavy atom. The Labute approximate surface area is 289 Å². The van der Waals surface area contributed by atoms with Gasteiger partial charge >= 0.3 is 0 Å². The van der Waals surface area contributed by atoms with Gasteiger partial charge in [-0.3, -0.25) is 0 Å². The van der Waals surface area contributed by atoms with Crippen molar-refractivity contribution in [1.82, 2.24) is 9.97 Å². The van der Waals surface area contributed by atoms with E-state index in [0.29, 0.717) is 5.82 Å². The number of fused-ring (bicyclic) bond motifs is 3. The van der Waals surface area contributed by atoms with Crippen molar-refractivity contribution in [3.63, 3.8) is 0 Å². The largest absolute Gasteiger partial charge is 0.228 e. The molecule has 0 bridgehead atoms. The Bertz CT molecular complexity index is 2450. The summed E-state index contributed by atoms with van der Waals surface area (Å²) in [5, 5.41) is 2.62. The van der Waals surface area contributed by atoms with Crippen molar-refractivity contribution in [2.75, 3.05) is 0 Å². The summed E-state index contributed by atoms with van der Waals surface area (Å²) in [6.45, 7) is 0. The molecule has 9 rings (SSSR count). The van der Waals surface area contributed by atoms with Gasteiger partial charge in [0, 0.05) is 36.9 Å². The second kappa shape index (κ2) is 12.5. The molecule has 49 heavy (non-hydrogen) atoms. The quantitative estimate of drug-likeness (QED) is 0.180. The molecule has 230 valence electrons. The van der Waals surface area contributed by atoms with Gasteiger partial charge in [-0.2, -0.15) is 0 Å². The highest BCUT2D eigenvalue weighted by atomic mass is 32.1. The van der Waals surface area contributed by atoms with E-state index < -0.39 is 0 Å². The minimum atomic E-state index is 0.707. The molecule has 9 aromatic rings. The fourth-order valence-electron chi connectivity index (χ4n) is 6.52. The summed E-state index contributed by atoms with van der Waals surface area (Å²) < 4.78 is 2.64. The van der Waals surface area contributed by atoms with Crippen molar-refractivity contribution in [3.05, 3.63) is 182 Å². The Morgan fingerprint density at radius 3 is 1.27 bits per heavy atom. The lowest BCUT2D eigenvalue weighted by atomic mass is 9.99. The zero-order valence-corrected chi connectivity index (χ0v) is 27.4. The lowest BCUT2D eigenvalue weighted by Crippen LogP contribution is -1.96. The third kappa shape index (κ3) is 5.71. The van der Waals surface area contributed by atoms with Crippen LogP contribution in [0.4, 0.5) is 0 Å². The van der Waals surface area contributed by atoms with Gasteiger partial charge in [-0.15, -0.1) is 11.3 Å². The predicted octanol–water partition coefficient (Wildman–Crippen LogP) is 12.8. The van der Waals surface area contributed by atoms with Crippen LogP contribution in [0, 0.1) is 0 Å². The summed E-state index contributed by atoms with van der Waals surface area (Å²) >= 11 is 1.85. The molecule has 0 amide bonds. The molecule has 2 aromatic heterocycles. The highest BCUT2D eigenvalue weighted by molar-refractivity contribution is 7.25. The Kier molecular flexibility index (Phi) is 7.38. The first kappa shape index (κ1) is 29.0. The van der Waals surface area contributed by atoms with E-state index >= 15 is 0 Å². The van der Waals surface area contributed by atoms with Gasteiger partial charge in [-0.05, 0) is 57.6 Å². The van der Waals surface area contributed by atoms with Gasteiger partial charge in [-0.1, -0.05) is 158 Å². The third-order valence-corrected chi connectivity index (χ3v) is 10.3. The van der Waals surface area contributed by atoms with Gasteiger partial charge in [0.15, 0.2) is 5.82 Å². The standard InChI is InChI=1S/C46H30N2S/c1-3-9-31(10-4-1)33-15-21-36(22-16-33)42-30-43(48-46(47-42)38-25-19-34(20-26-38)32-11-5-2-6-12-32)37-23-17-35(18-24-37)39-27-28-45-41(29-39)40-13-7-8-14-44(40)49-45/h1-30H. The van der Waals surface area contributed by atoms with E-state index in [-0.39, 0.29) is 0 Å². The van der Waals surface area contributed by atoms with Crippen LogP contribution in [0.5, 0.6) is 0 Å². The van der Waals surface area contributed by atoms with Gasteiger partial charge in [0.2, 0.25) is 0 Å². The average molecular weight is 643 g/mol. The zero-order valence-electron chi connectivity index (χ0n) is 26.6. The SMILES string of the molecule is c1ccc(-c2ccc(-c3cc(-c4ccc(-c5ccc6sc7ccccc7c6c5)cc4)nc(-c4ccc(-c5ccccc5)cc4)n3)cc2)cc1. The number of hydrogen-bond acceptors (Lipinski definition) is 3. The first-order valence-electron chi connectivity index (χ1n) is 16.5. The van der Waals surface area contributed by atoms with E-state index in [1.807, 2.05) is 23.5 Å². The summed E-state index contributed by atoms with van der Waals surface area (Å²) in [6.07, 6.45) is 0. The van der Waals surface area contributed by atoms with Crippen molar-refractivity contribution in [1.29, 1.82) is 0 Å². The van der Waals surface area contributed by atoms with Crippen LogP contribution in [0.1, 0.15) is 0 Å². The van der Waals surface area contributed by atoms with Gasteiger partial charge < -0.3 is 0 Å². The molecule has 0 aliphatic rings. The smallest absolute Gasteiger partial charge is 0.160 e. The molecule has 0 aliphatic carbocycles. The molecule has 0 unspecified atom stereocenters. The van der Waals surface area contributed by atoms with Gasteiger partial charge in [0.05, 0.1) is 11.4 Å². The van der Waals surface area contributed by atoms with Crippen LogP contribution in [0.3, 0.4) is 0 Å². The highest BCUT2D eigenvalue weighted by Gasteiger charge is 2.13. The van der Waals surface area contributed by atoms with Crippen LogP contribution in [-0.2, 0) is 0 Å². The number of thiophene rings is 1. The highest BCUT2D eigenvalue weighted by Crippen LogP contribution is 2.37. The molecular formula is C46H30N2S. The van der Waals surface area contributed by atoms with E-state index in [0.717, 1.165) is 28.1 Å². The van der Waals surface area contributed by atoms with Crippen LogP contribution in [0.25, 0.3) is 87.5 Å². The molecule has 0 N–H and O–H groups in total. The summed E-state index contributed by atoms with van der Waals surface area (Å²) in [6, 6.07) is 64.4. The summed E-state index contributed by atoms with van der Waals surface area (Å²) in [4.78, 5) is 10.2. The Balaban J connectivity index is 1.10. The number of benzene rings is 7.